The van der Waals surface area contributed by atoms with Crippen LogP contribution in [0.25, 0.3) is 11.0 Å². The largest absolute Gasteiger partial charge is 0.389 e. The molecule has 2 amide bonds. The molecule has 2 aromatic heterocycles. The number of hydrogen-bond donors (Lipinski definition) is 3. The van der Waals surface area contributed by atoms with Gasteiger partial charge in [0.2, 0.25) is 11.8 Å². The van der Waals surface area contributed by atoms with Gasteiger partial charge in [0.25, 0.3) is 5.91 Å². The van der Waals surface area contributed by atoms with Gasteiger partial charge in [-0.05, 0) is 48.5 Å². The van der Waals surface area contributed by atoms with Crippen LogP contribution in [0.1, 0.15) is 85.4 Å². The molecule has 2 aliphatic carbocycles. The topological polar surface area (TPSA) is 126 Å². The molecule has 41 heavy (non-hydrogen) atoms. The highest BCUT2D eigenvalue weighted by Gasteiger charge is 2.36. The summed E-state index contributed by atoms with van der Waals surface area (Å²) in [5.74, 6) is -3.02. The summed E-state index contributed by atoms with van der Waals surface area (Å²) in [4.78, 5) is 29.9. The quantitative estimate of drug-likeness (QED) is 0.301. The van der Waals surface area contributed by atoms with Crippen molar-refractivity contribution in [2.75, 3.05) is 7.05 Å². The summed E-state index contributed by atoms with van der Waals surface area (Å²) < 4.78 is 67.8. The van der Waals surface area contributed by atoms with E-state index in [9.17, 15) is 31.5 Å². The van der Waals surface area contributed by atoms with E-state index in [1.54, 1.807) is 25.1 Å². The number of hydrogen-bond acceptors (Lipinski definition) is 6. The molecule has 2 fully saturated rings. The number of amides is 2. The van der Waals surface area contributed by atoms with Crippen molar-refractivity contribution in [3.63, 3.8) is 0 Å². The SMILES string of the molecule is C1CC1.CNC(=O)c1nonc1C.O=C(CCC(F)(F)F)NCc1ccc2nc(C[C@@H]3CCCC(F)(F)C3)[nH]c2c1. The smallest absolute Gasteiger partial charge is 0.354 e. The highest BCUT2D eigenvalue weighted by molar-refractivity contribution is 5.92. The molecule has 2 heterocycles. The molecule has 0 aliphatic heterocycles. The van der Waals surface area contributed by atoms with Crippen LogP contribution in [0.4, 0.5) is 22.0 Å². The molecule has 9 nitrogen and oxygen atoms in total. The lowest BCUT2D eigenvalue weighted by atomic mass is 9.84. The van der Waals surface area contributed by atoms with Gasteiger partial charge in [-0.3, -0.25) is 9.59 Å². The van der Waals surface area contributed by atoms with E-state index in [1.807, 2.05) is 0 Å². The lowest BCUT2D eigenvalue weighted by Gasteiger charge is -2.28. The molecule has 2 aliphatic rings. The summed E-state index contributed by atoms with van der Waals surface area (Å²) in [5, 5.41) is 11.7. The minimum Gasteiger partial charge on any atom is -0.354 e. The predicted octanol–water partition coefficient (Wildman–Crippen LogP) is 5.80. The number of nitrogens with zero attached hydrogens (tertiary/aromatic N) is 3. The first-order valence-electron chi connectivity index (χ1n) is 13.6. The number of rotatable bonds is 7. The number of nitrogens with one attached hydrogen (secondary N) is 3. The van der Waals surface area contributed by atoms with E-state index in [1.165, 1.54) is 26.3 Å². The second kappa shape index (κ2) is 14.4. The van der Waals surface area contributed by atoms with Crippen LogP contribution < -0.4 is 10.6 Å². The number of aryl methyl sites for hydroxylation is 1. The van der Waals surface area contributed by atoms with Gasteiger partial charge >= 0.3 is 6.18 Å². The van der Waals surface area contributed by atoms with Crippen molar-refractivity contribution in [3.05, 3.63) is 41.0 Å². The highest BCUT2D eigenvalue weighted by atomic mass is 19.4. The molecule has 14 heteroatoms. The van der Waals surface area contributed by atoms with Gasteiger partial charge in [-0.2, -0.15) is 13.2 Å². The number of aromatic amines is 1. The Morgan fingerprint density at radius 1 is 1.15 bits per heavy atom. The van der Waals surface area contributed by atoms with Gasteiger partial charge in [-0.15, -0.1) is 0 Å². The van der Waals surface area contributed by atoms with E-state index in [2.05, 4.69) is 35.5 Å². The highest BCUT2D eigenvalue weighted by Crippen LogP contribution is 2.38. The van der Waals surface area contributed by atoms with E-state index in [0.717, 1.165) is 6.42 Å². The molecule has 0 saturated heterocycles. The summed E-state index contributed by atoms with van der Waals surface area (Å²) in [7, 11) is 1.52. The fourth-order valence-electron chi connectivity index (χ4n) is 4.14. The zero-order chi connectivity index (χ0) is 30.0. The van der Waals surface area contributed by atoms with E-state index in [4.69, 9.17) is 0 Å². The molecule has 1 aromatic carbocycles. The molecular weight excluding hydrogens is 551 g/mol. The summed E-state index contributed by atoms with van der Waals surface area (Å²) in [6.07, 6.45) is -0.0779. The molecule has 0 radical (unpaired) electrons. The monoisotopic (exact) mass is 586 g/mol. The van der Waals surface area contributed by atoms with Gasteiger partial charge in [0, 0.05) is 39.3 Å². The Bertz CT molecular complexity index is 1290. The average Bonchev–Trinajstić information content (AvgIpc) is 3.64. The molecule has 1 atom stereocenters. The van der Waals surface area contributed by atoms with Crippen molar-refractivity contribution in [1.29, 1.82) is 0 Å². The third-order valence-corrected chi connectivity index (χ3v) is 6.39. The predicted molar refractivity (Wildman–Crippen MR) is 140 cm³/mol. The van der Waals surface area contributed by atoms with E-state index >= 15 is 0 Å². The standard InChI is InChI=1S/C19H22F5N3O.C5H7N3O2.C3H6/c20-18(21)6-1-2-12(10-18)9-16-26-14-4-3-13(8-15(14)27-16)11-25-17(28)5-7-19(22,23)24;1-3-4(5(9)6-2)8-10-7-3;1-2-3-1/h3-4,8,12H,1-2,5-7,9-11H2,(H,25,28)(H,26,27);1-2H3,(H,6,9);1-3H2/t12-;;/m0../s1. The van der Waals surface area contributed by atoms with Crippen LogP contribution in [0.2, 0.25) is 0 Å². The number of benzene rings is 1. The first-order valence-corrected chi connectivity index (χ1v) is 13.6. The summed E-state index contributed by atoms with van der Waals surface area (Å²) >= 11 is 0. The fourth-order valence-corrected chi connectivity index (χ4v) is 4.14. The maximum atomic E-state index is 13.6. The van der Waals surface area contributed by atoms with Gasteiger partial charge in [0.15, 0.2) is 5.69 Å². The number of carbonyl (C=O) groups is 2. The van der Waals surface area contributed by atoms with Gasteiger partial charge in [-0.1, -0.05) is 30.5 Å². The van der Waals surface area contributed by atoms with Crippen molar-refractivity contribution in [1.82, 2.24) is 30.9 Å². The number of imidazole rings is 1. The number of halogens is 5. The summed E-state index contributed by atoms with van der Waals surface area (Å²) in [6, 6.07) is 5.22. The number of aromatic nitrogens is 4. The van der Waals surface area contributed by atoms with E-state index in [-0.39, 0.29) is 36.9 Å². The number of alkyl halides is 5. The Balaban J connectivity index is 0.000000291. The average molecular weight is 587 g/mol. The van der Waals surface area contributed by atoms with Crippen molar-refractivity contribution in [3.8, 4) is 0 Å². The minimum absolute atomic E-state index is 0.0539. The molecule has 2 saturated carbocycles. The third kappa shape index (κ3) is 11.4. The summed E-state index contributed by atoms with van der Waals surface area (Å²) in [6.45, 7) is 1.76. The summed E-state index contributed by atoms with van der Waals surface area (Å²) in [5.41, 5.74) is 2.85. The maximum Gasteiger partial charge on any atom is 0.389 e. The van der Waals surface area contributed by atoms with Crippen molar-refractivity contribution in [2.24, 2.45) is 5.92 Å². The number of H-pyrrole nitrogens is 1. The molecular formula is C27H35F5N6O3. The van der Waals surface area contributed by atoms with Crippen LogP contribution in [-0.4, -0.2) is 51.2 Å². The lowest BCUT2D eigenvalue weighted by molar-refractivity contribution is -0.144. The van der Waals surface area contributed by atoms with Gasteiger partial charge in [-0.25, -0.2) is 18.4 Å². The first-order chi connectivity index (χ1) is 19.3. The van der Waals surface area contributed by atoms with Crippen LogP contribution in [0.5, 0.6) is 0 Å². The molecule has 3 aromatic rings. The fraction of sp³-hybridized carbons (Fsp3) is 0.593. The van der Waals surface area contributed by atoms with Crippen LogP contribution in [0.15, 0.2) is 22.8 Å². The lowest BCUT2D eigenvalue weighted by Crippen LogP contribution is -2.27. The Morgan fingerprint density at radius 2 is 1.88 bits per heavy atom. The molecule has 226 valence electrons. The molecule has 3 N–H and O–H groups in total. The normalized spacial score (nSPS) is 17.5. The number of fused-ring (bicyclic) bond motifs is 1. The molecule has 0 bridgehead atoms. The maximum absolute atomic E-state index is 13.6. The minimum atomic E-state index is -4.36. The van der Waals surface area contributed by atoms with Gasteiger partial charge in [0.05, 0.1) is 17.5 Å². The molecule has 0 spiro atoms. The van der Waals surface area contributed by atoms with Crippen LogP contribution >= 0.6 is 0 Å². The van der Waals surface area contributed by atoms with Gasteiger partial charge in [0.1, 0.15) is 11.5 Å². The van der Waals surface area contributed by atoms with Crippen LogP contribution in [0.3, 0.4) is 0 Å². The molecule has 5 rings (SSSR count). The van der Waals surface area contributed by atoms with Crippen molar-refractivity contribution < 1.29 is 36.2 Å². The van der Waals surface area contributed by atoms with Crippen molar-refractivity contribution in [2.45, 2.75) is 89.8 Å². The first kappa shape index (κ1) is 31.9. The second-order valence-electron chi connectivity index (χ2n) is 10.3. The van der Waals surface area contributed by atoms with Crippen molar-refractivity contribution >= 4 is 22.8 Å². The van der Waals surface area contributed by atoms with E-state index in [0.29, 0.717) is 41.0 Å². The Morgan fingerprint density at radius 3 is 2.46 bits per heavy atom. The Hall–Kier alpha value is -3.58. The van der Waals surface area contributed by atoms with Gasteiger partial charge < -0.3 is 15.6 Å². The van der Waals surface area contributed by atoms with Crippen LogP contribution in [-0.2, 0) is 17.8 Å². The second-order valence-corrected chi connectivity index (χ2v) is 10.3. The number of carbonyl (C=O) groups excluding carboxylic acids is 2. The Labute approximate surface area is 234 Å². The van der Waals surface area contributed by atoms with E-state index < -0.39 is 30.8 Å². The molecule has 0 unspecified atom stereocenters. The van der Waals surface area contributed by atoms with Crippen LogP contribution in [0, 0.1) is 12.8 Å². The third-order valence-electron chi connectivity index (χ3n) is 6.39. The zero-order valence-corrected chi connectivity index (χ0v) is 23.0. The zero-order valence-electron chi connectivity index (χ0n) is 23.0. The Kier molecular flexibility index (Phi) is 11.2.